The highest BCUT2D eigenvalue weighted by Crippen LogP contribution is 2.12. The Morgan fingerprint density at radius 3 is 2.52 bits per heavy atom. The summed E-state index contributed by atoms with van der Waals surface area (Å²) < 4.78 is 0. The smallest absolute Gasteiger partial charge is 0.222 e. The Balaban J connectivity index is 0.00000200. The molecule has 1 aliphatic rings. The predicted octanol–water partition coefficient (Wildman–Crippen LogP) is 1.10. The van der Waals surface area contributed by atoms with E-state index in [1.807, 2.05) is 24.0 Å². The average molecular weight is 336 g/mol. The van der Waals surface area contributed by atoms with Gasteiger partial charge in [-0.2, -0.15) is 5.10 Å². The number of piperazine rings is 1. The molecule has 1 fully saturated rings. The largest absolute Gasteiger partial charge is 0.352 e. The van der Waals surface area contributed by atoms with Gasteiger partial charge in [-0.05, 0) is 25.5 Å². The van der Waals surface area contributed by atoms with Gasteiger partial charge in [0.15, 0.2) is 5.82 Å². The molecule has 0 aliphatic carbocycles. The van der Waals surface area contributed by atoms with Crippen molar-refractivity contribution in [1.82, 2.24) is 15.1 Å². The Bertz CT molecular complexity index is 410. The number of aromatic nitrogens is 2. The van der Waals surface area contributed by atoms with Gasteiger partial charge in [-0.25, -0.2) is 0 Å². The van der Waals surface area contributed by atoms with Crippen LogP contribution in [0, 0.1) is 0 Å². The van der Waals surface area contributed by atoms with E-state index in [4.69, 9.17) is 5.73 Å². The van der Waals surface area contributed by atoms with Crippen molar-refractivity contribution in [3.8, 4) is 0 Å². The lowest BCUT2D eigenvalue weighted by molar-refractivity contribution is -0.131. The first-order chi connectivity index (χ1) is 9.16. The maximum Gasteiger partial charge on any atom is 0.222 e. The van der Waals surface area contributed by atoms with Crippen molar-refractivity contribution < 1.29 is 4.79 Å². The Morgan fingerprint density at radius 1 is 1.33 bits per heavy atom. The fraction of sp³-hybridized carbons (Fsp3) is 0.615. The molecule has 21 heavy (non-hydrogen) atoms. The van der Waals surface area contributed by atoms with Crippen LogP contribution in [0.5, 0.6) is 0 Å². The molecule has 1 saturated heterocycles. The zero-order valence-electron chi connectivity index (χ0n) is 12.1. The molecule has 0 spiro atoms. The highest BCUT2D eigenvalue weighted by molar-refractivity contribution is 5.85. The number of amides is 1. The Morgan fingerprint density at radius 2 is 2.00 bits per heavy atom. The van der Waals surface area contributed by atoms with Crippen LogP contribution >= 0.6 is 24.8 Å². The lowest BCUT2D eigenvalue weighted by atomic mass is 10.1. The van der Waals surface area contributed by atoms with Crippen molar-refractivity contribution >= 4 is 36.5 Å². The number of rotatable bonds is 4. The van der Waals surface area contributed by atoms with Crippen LogP contribution in [0.1, 0.15) is 19.8 Å². The maximum atomic E-state index is 12.0. The van der Waals surface area contributed by atoms with Gasteiger partial charge in [0.1, 0.15) is 0 Å². The first-order valence-electron chi connectivity index (χ1n) is 6.73. The number of nitrogens with zero attached hydrogens (tertiary/aromatic N) is 4. The number of hydrogen-bond acceptors (Lipinski definition) is 5. The van der Waals surface area contributed by atoms with E-state index < -0.39 is 0 Å². The summed E-state index contributed by atoms with van der Waals surface area (Å²) >= 11 is 0. The van der Waals surface area contributed by atoms with E-state index in [9.17, 15) is 4.79 Å². The third-order valence-corrected chi connectivity index (χ3v) is 3.33. The molecule has 1 aliphatic heterocycles. The molecular formula is C13H23Cl2N5O. The Kier molecular flexibility index (Phi) is 9.24. The van der Waals surface area contributed by atoms with Gasteiger partial charge in [-0.3, -0.25) is 4.79 Å². The molecule has 1 aromatic heterocycles. The number of carbonyl (C=O) groups is 1. The molecular weight excluding hydrogens is 313 g/mol. The molecule has 8 heteroatoms. The van der Waals surface area contributed by atoms with Crippen molar-refractivity contribution in [2.75, 3.05) is 31.1 Å². The van der Waals surface area contributed by atoms with E-state index >= 15 is 0 Å². The van der Waals surface area contributed by atoms with Crippen molar-refractivity contribution in [2.24, 2.45) is 5.73 Å². The molecule has 1 aromatic rings. The molecule has 1 atom stereocenters. The zero-order chi connectivity index (χ0) is 13.7. The standard InChI is InChI=1S/C13H21N5O.2ClH/c1-11(14)4-5-13(19)18-9-7-17(8-10-18)12-3-2-6-15-16-12;;/h2-3,6,11H,4-5,7-10,14H2,1H3;2*1H. The number of nitrogens with two attached hydrogens (primary N) is 1. The van der Waals surface area contributed by atoms with Crippen LogP contribution in [0.4, 0.5) is 5.82 Å². The van der Waals surface area contributed by atoms with Gasteiger partial charge >= 0.3 is 0 Å². The van der Waals surface area contributed by atoms with E-state index in [-0.39, 0.29) is 36.8 Å². The van der Waals surface area contributed by atoms with Gasteiger partial charge < -0.3 is 15.5 Å². The minimum Gasteiger partial charge on any atom is -0.352 e. The molecule has 1 unspecified atom stereocenters. The summed E-state index contributed by atoms with van der Waals surface area (Å²) in [5.74, 6) is 1.08. The Hall–Kier alpha value is -1.11. The van der Waals surface area contributed by atoms with Crippen LogP contribution in [-0.4, -0.2) is 53.2 Å². The number of carbonyl (C=O) groups excluding carboxylic acids is 1. The van der Waals surface area contributed by atoms with Gasteiger partial charge in [0.25, 0.3) is 0 Å². The minimum absolute atomic E-state index is 0. The third kappa shape index (κ3) is 6.03. The molecule has 0 bridgehead atoms. The summed E-state index contributed by atoms with van der Waals surface area (Å²) in [7, 11) is 0. The molecule has 1 amide bonds. The molecule has 2 N–H and O–H groups in total. The second-order valence-electron chi connectivity index (χ2n) is 4.97. The first kappa shape index (κ1) is 19.9. The second-order valence-corrected chi connectivity index (χ2v) is 4.97. The van der Waals surface area contributed by atoms with Crippen LogP contribution < -0.4 is 10.6 Å². The molecule has 0 aromatic carbocycles. The predicted molar refractivity (Wildman–Crippen MR) is 88.2 cm³/mol. The molecule has 0 radical (unpaired) electrons. The van der Waals surface area contributed by atoms with E-state index in [0.717, 1.165) is 38.4 Å². The minimum atomic E-state index is 0. The van der Waals surface area contributed by atoms with E-state index in [0.29, 0.717) is 6.42 Å². The number of anilines is 1. The van der Waals surface area contributed by atoms with Crippen LogP contribution in [-0.2, 0) is 4.79 Å². The summed E-state index contributed by atoms with van der Waals surface area (Å²) in [6.45, 7) is 5.03. The summed E-state index contributed by atoms with van der Waals surface area (Å²) in [5, 5.41) is 7.96. The average Bonchev–Trinajstić information content (AvgIpc) is 2.46. The molecule has 2 heterocycles. The topological polar surface area (TPSA) is 75.4 Å². The summed E-state index contributed by atoms with van der Waals surface area (Å²) in [5.41, 5.74) is 5.67. The fourth-order valence-electron chi connectivity index (χ4n) is 2.16. The Labute approximate surface area is 137 Å². The van der Waals surface area contributed by atoms with E-state index in [2.05, 4.69) is 15.1 Å². The first-order valence-corrected chi connectivity index (χ1v) is 6.73. The maximum absolute atomic E-state index is 12.0. The monoisotopic (exact) mass is 335 g/mol. The quantitative estimate of drug-likeness (QED) is 0.891. The van der Waals surface area contributed by atoms with Crippen LogP contribution in [0.2, 0.25) is 0 Å². The van der Waals surface area contributed by atoms with Gasteiger partial charge in [0.2, 0.25) is 5.91 Å². The highest BCUT2D eigenvalue weighted by Gasteiger charge is 2.21. The van der Waals surface area contributed by atoms with Crippen LogP contribution in [0.15, 0.2) is 18.3 Å². The van der Waals surface area contributed by atoms with Gasteiger partial charge in [-0.15, -0.1) is 29.9 Å². The fourth-order valence-corrected chi connectivity index (χ4v) is 2.16. The summed E-state index contributed by atoms with van der Waals surface area (Å²) in [4.78, 5) is 16.0. The van der Waals surface area contributed by atoms with Crippen molar-refractivity contribution in [3.63, 3.8) is 0 Å². The van der Waals surface area contributed by atoms with Crippen molar-refractivity contribution in [1.29, 1.82) is 0 Å². The van der Waals surface area contributed by atoms with E-state index in [1.165, 1.54) is 0 Å². The van der Waals surface area contributed by atoms with E-state index in [1.54, 1.807) is 6.20 Å². The highest BCUT2D eigenvalue weighted by atomic mass is 35.5. The number of halogens is 2. The zero-order valence-corrected chi connectivity index (χ0v) is 13.8. The summed E-state index contributed by atoms with van der Waals surface area (Å²) in [6.07, 6.45) is 2.96. The molecule has 2 rings (SSSR count). The van der Waals surface area contributed by atoms with Crippen LogP contribution in [0.3, 0.4) is 0 Å². The SMILES string of the molecule is CC(N)CCC(=O)N1CCN(c2cccnn2)CC1.Cl.Cl. The molecule has 6 nitrogen and oxygen atoms in total. The lowest BCUT2D eigenvalue weighted by Crippen LogP contribution is -2.49. The van der Waals surface area contributed by atoms with Crippen molar-refractivity contribution in [2.45, 2.75) is 25.8 Å². The lowest BCUT2D eigenvalue weighted by Gasteiger charge is -2.35. The van der Waals surface area contributed by atoms with Gasteiger partial charge in [0, 0.05) is 44.8 Å². The summed E-state index contributed by atoms with van der Waals surface area (Å²) in [6, 6.07) is 3.91. The normalized spacial score (nSPS) is 15.7. The van der Waals surface area contributed by atoms with Crippen LogP contribution in [0.25, 0.3) is 0 Å². The second kappa shape index (κ2) is 9.76. The molecule has 0 saturated carbocycles. The van der Waals surface area contributed by atoms with Crippen molar-refractivity contribution in [3.05, 3.63) is 18.3 Å². The molecule has 120 valence electrons. The van der Waals surface area contributed by atoms with Gasteiger partial charge in [-0.1, -0.05) is 0 Å². The number of hydrogen-bond donors (Lipinski definition) is 1. The van der Waals surface area contributed by atoms with Gasteiger partial charge in [0.05, 0.1) is 0 Å². The third-order valence-electron chi connectivity index (χ3n) is 3.33.